The Morgan fingerprint density at radius 2 is 1.25 bits per heavy atom. The molecule has 1 rings (SSSR count). The van der Waals surface area contributed by atoms with Crippen molar-refractivity contribution in [1.29, 1.82) is 0 Å². The van der Waals surface area contributed by atoms with Gasteiger partial charge in [-0.1, -0.05) is 19.4 Å². The Hall–Kier alpha value is -2.01. The first kappa shape index (κ1) is 20.0. The van der Waals surface area contributed by atoms with E-state index in [1.807, 2.05) is 4.90 Å². The highest BCUT2D eigenvalue weighted by atomic mass is 16.3. The second kappa shape index (κ2) is 10.7. The smallest absolute Gasteiger partial charge is 0.235 e. The number of hydrogen-bond acceptors (Lipinski definition) is 10. The minimum atomic E-state index is -0.492. The van der Waals surface area contributed by atoms with Crippen LogP contribution in [0.15, 0.2) is 12.7 Å². The predicted molar refractivity (Wildman–Crippen MR) is 90.4 cm³/mol. The summed E-state index contributed by atoms with van der Waals surface area (Å²) in [7, 11) is 0. The van der Waals surface area contributed by atoms with Crippen molar-refractivity contribution in [3.63, 3.8) is 0 Å². The Balaban J connectivity index is 3.31. The van der Waals surface area contributed by atoms with Gasteiger partial charge in [-0.05, 0) is 6.42 Å². The van der Waals surface area contributed by atoms with E-state index in [0.717, 1.165) is 22.6 Å². The quantitative estimate of drug-likeness (QED) is 0.279. The molecule has 0 fully saturated rings. The van der Waals surface area contributed by atoms with Crippen LogP contribution in [0.1, 0.15) is 19.8 Å². The van der Waals surface area contributed by atoms with Crippen LogP contribution in [0.2, 0.25) is 0 Å². The molecule has 1 aromatic heterocycles. The molecule has 0 saturated heterocycles. The van der Waals surface area contributed by atoms with Gasteiger partial charge in [0.15, 0.2) is 0 Å². The second-order valence-electron chi connectivity index (χ2n) is 4.97. The molecule has 0 aliphatic carbocycles. The molecule has 0 unspecified atom stereocenters. The fourth-order valence-corrected chi connectivity index (χ4v) is 1.89. The van der Waals surface area contributed by atoms with E-state index in [0.29, 0.717) is 19.0 Å². The number of aliphatic hydroxyl groups is 4. The molecule has 0 aromatic carbocycles. The summed E-state index contributed by atoms with van der Waals surface area (Å²) in [5.74, 6) is 0.386. The Morgan fingerprint density at radius 3 is 1.58 bits per heavy atom. The van der Waals surface area contributed by atoms with Crippen molar-refractivity contribution < 1.29 is 20.4 Å². The molecular weight excluding hydrogens is 316 g/mol. The minimum Gasteiger partial charge on any atom is -0.376 e. The van der Waals surface area contributed by atoms with E-state index in [2.05, 4.69) is 28.5 Å². The Bertz CT molecular complexity index is 466. The molecule has 1 heterocycles. The van der Waals surface area contributed by atoms with Gasteiger partial charge < -0.3 is 25.3 Å². The summed E-state index contributed by atoms with van der Waals surface area (Å²) in [6, 6.07) is 0. The minimum absolute atomic E-state index is 0.0393. The third-order valence-electron chi connectivity index (χ3n) is 3.26. The summed E-state index contributed by atoms with van der Waals surface area (Å²) >= 11 is 0. The van der Waals surface area contributed by atoms with Crippen molar-refractivity contribution in [3.05, 3.63) is 12.7 Å². The molecule has 0 aliphatic rings. The van der Waals surface area contributed by atoms with Crippen molar-refractivity contribution in [2.24, 2.45) is 0 Å². The maximum atomic E-state index is 9.32. The van der Waals surface area contributed by atoms with Crippen LogP contribution in [-0.2, 0) is 0 Å². The molecule has 1 aromatic rings. The van der Waals surface area contributed by atoms with E-state index in [4.69, 9.17) is 0 Å². The van der Waals surface area contributed by atoms with Crippen LogP contribution in [0.25, 0.3) is 0 Å². The monoisotopic (exact) mass is 342 g/mol. The fraction of sp³-hybridized carbons (Fsp3) is 0.643. The van der Waals surface area contributed by atoms with Crippen molar-refractivity contribution >= 4 is 17.8 Å². The fourth-order valence-electron chi connectivity index (χ4n) is 1.89. The summed E-state index contributed by atoms with van der Waals surface area (Å²) in [6.45, 7) is 5.00. The zero-order valence-corrected chi connectivity index (χ0v) is 13.9. The zero-order valence-electron chi connectivity index (χ0n) is 13.9. The number of anilines is 3. The van der Waals surface area contributed by atoms with Gasteiger partial charge in [0.25, 0.3) is 0 Å². The van der Waals surface area contributed by atoms with Gasteiger partial charge in [0, 0.05) is 13.1 Å². The average molecular weight is 342 g/mol. The topological polar surface area (TPSA) is 129 Å². The SMILES string of the molecule is C=CCN(CCCC)c1nc(N(CO)CO)nc(N(CO)CO)n1. The first-order chi connectivity index (χ1) is 11.6. The third kappa shape index (κ3) is 5.27. The predicted octanol–water partition coefficient (Wildman–Crippen LogP) is -0.924. The lowest BCUT2D eigenvalue weighted by Gasteiger charge is -2.25. The lowest BCUT2D eigenvalue weighted by molar-refractivity contribution is 0.217. The molecule has 0 aliphatic heterocycles. The molecule has 10 nitrogen and oxygen atoms in total. The molecule has 4 N–H and O–H groups in total. The molecule has 0 spiro atoms. The van der Waals surface area contributed by atoms with Gasteiger partial charge in [0.05, 0.1) is 0 Å². The highest BCUT2D eigenvalue weighted by Crippen LogP contribution is 2.19. The molecule has 10 heteroatoms. The number of aliphatic hydroxyl groups excluding tert-OH is 4. The second-order valence-corrected chi connectivity index (χ2v) is 4.97. The molecule has 24 heavy (non-hydrogen) atoms. The summed E-state index contributed by atoms with van der Waals surface area (Å²) < 4.78 is 0. The molecule has 0 radical (unpaired) electrons. The van der Waals surface area contributed by atoms with Gasteiger partial charge in [-0.15, -0.1) is 6.58 Å². The van der Waals surface area contributed by atoms with Crippen molar-refractivity contribution in [2.45, 2.75) is 19.8 Å². The molecule has 136 valence electrons. The van der Waals surface area contributed by atoms with Crippen molar-refractivity contribution in [1.82, 2.24) is 15.0 Å². The van der Waals surface area contributed by atoms with Crippen LogP contribution >= 0.6 is 0 Å². The highest BCUT2D eigenvalue weighted by molar-refractivity contribution is 5.46. The lowest BCUT2D eigenvalue weighted by atomic mass is 10.3. The number of unbranched alkanes of at least 4 members (excludes halogenated alkanes) is 1. The van der Waals surface area contributed by atoms with Gasteiger partial charge in [-0.3, -0.25) is 9.80 Å². The molecule has 0 saturated carbocycles. The van der Waals surface area contributed by atoms with Crippen molar-refractivity contribution in [3.8, 4) is 0 Å². The Labute approximate surface area is 141 Å². The molecule has 0 bridgehead atoms. The summed E-state index contributed by atoms with van der Waals surface area (Å²) in [6.07, 6.45) is 3.61. The summed E-state index contributed by atoms with van der Waals surface area (Å²) in [4.78, 5) is 16.7. The molecule has 0 atom stereocenters. The van der Waals surface area contributed by atoms with Crippen LogP contribution in [0, 0.1) is 0 Å². The van der Waals surface area contributed by atoms with Crippen LogP contribution < -0.4 is 14.7 Å². The number of nitrogens with zero attached hydrogens (tertiary/aromatic N) is 6. The number of rotatable bonds is 12. The third-order valence-corrected chi connectivity index (χ3v) is 3.26. The molecular formula is C14H26N6O4. The Kier molecular flexibility index (Phi) is 8.94. The van der Waals surface area contributed by atoms with Gasteiger partial charge in [0.1, 0.15) is 26.9 Å². The molecule has 0 amide bonds. The zero-order chi connectivity index (χ0) is 17.9. The average Bonchev–Trinajstić information content (AvgIpc) is 2.60. The van der Waals surface area contributed by atoms with E-state index >= 15 is 0 Å². The van der Waals surface area contributed by atoms with Crippen LogP contribution in [0.5, 0.6) is 0 Å². The van der Waals surface area contributed by atoms with E-state index in [1.165, 1.54) is 0 Å². The van der Waals surface area contributed by atoms with Gasteiger partial charge in [-0.2, -0.15) is 15.0 Å². The maximum Gasteiger partial charge on any atom is 0.235 e. The lowest BCUT2D eigenvalue weighted by Crippen LogP contribution is -2.34. The van der Waals surface area contributed by atoms with Gasteiger partial charge in [0.2, 0.25) is 17.8 Å². The summed E-state index contributed by atoms with van der Waals surface area (Å²) in [5, 5.41) is 37.3. The normalized spacial score (nSPS) is 10.5. The Morgan fingerprint density at radius 1 is 0.833 bits per heavy atom. The van der Waals surface area contributed by atoms with Crippen LogP contribution in [-0.4, -0.2) is 75.4 Å². The number of hydrogen-bond donors (Lipinski definition) is 4. The first-order valence-electron chi connectivity index (χ1n) is 7.70. The number of aromatic nitrogens is 3. The van der Waals surface area contributed by atoms with Crippen LogP contribution in [0.3, 0.4) is 0 Å². The van der Waals surface area contributed by atoms with E-state index < -0.39 is 26.9 Å². The standard InChI is InChI=1S/C14H26N6O4/c1-3-5-7-18(6-4-2)12-15-13(19(8-21)9-22)17-14(16-12)20(10-23)11-24/h4,21-24H,2-3,5-11H2,1H3. The van der Waals surface area contributed by atoms with Crippen LogP contribution in [0.4, 0.5) is 17.8 Å². The van der Waals surface area contributed by atoms with E-state index in [1.54, 1.807) is 6.08 Å². The highest BCUT2D eigenvalue weighted by Gasteiger charge is 2.18. The maximum absolute atomic E-state index is 9.32. The largest absolute Gasteiger partial charge is 0.376 e. The van der Waals surface area contributed by atoms with E-state index in [9.17, 15) is 20.4 Å². The summed E-state index contributed by atoms with van der Waals surface area (Å²) in [5.41, 5.74) is 0. The van der Waals surface area contributed by atoms with Crippen molar-refractivity contribution in [2.75, 3.05) is 54.7 Å². The van der Waals surface area contributed by atoms with Gasteiger partial charge >= 0.3 is 0 Å². The van der Waals surface area contributed by atoms with E-state index in [-0.39, 0.29) is 11.9 Å². The first-order valence-corrected chi connectivity index (χ1v) is 7.70. The van der Waals surface area contributed by atoms with Gasteiger partial charge in [-0.25, -0.2) is 0 Å².